The first-order valence-corrected chi connectivity index (χ1v) is 13.0. The molecule has 2 heterocycles. The topological polar surface area (TPSA) is 82.7 Å². The van der Waals surface area contributed by atoms with Crippen LogP contribution in [0.2, 0.25) is 0 Å². The number of alkyl halides is 3. The van der Waals surface area contributed by atoms with E-state index in [2.05, 4.69) is 32.4 Å². The van der Waals surface area contributed by atoms with Gasteiger partial charge in [0.15, 0.2) is 5.82 Å². The second-order valence-corrected chi connectivity index (χ2v) is 9.67. The lowest BCUT2D eigenvalue weighted by atomic mass is 10.1. The van der Waals surface area contributed by atoms with Gasteiger partial charge in [0.25, 0.3) is 5.91 Å². The van der Waals surface area contributed by atoms with Crippen LogP contribution >= 0.6 is 12.4 Å². The molecule has 2 N–H and O–H groups in total. The second kappa shape index (κ2) is 13.2. The summed E-state index contributed by atoms with van der Waals surface area (Å²) in [6.45, 7) is 4.65. The minimum atomic E-state index is -4.35. The number of amides is 1. The molecule has 1 aliphatic heterocycles. The maximum atomic E-state index is 12.8. The van der Waals surface area contributed by atoms with Crippen molar-refractivity contribution >= 4 is 40.7 Å². The van der Waals surface area contributed by atoms with Crippen LogP contribution in [-0.2, 0) is 17.5 Å². The Morgan fingerprint density at radius 3 is 2.37 bits per heavy atom. The summed E-state index contributed by atoms with van der Waals surface area (Å²) >= 11 is 0. The zero-order valence-corrected chi connectivity index (χ0v) is 23.2. The molecule has 1 amide bonds. The molecular weight excluding hydrogens is 559 g/mol. The van der Waals surface area contributed by atoms with Crippen molar-refractivity contribution in [3.05, 3.63) is 83.4 Å². The molecule has 0 saturated carbocycles. The van der Waals surface area contributed by atoms with Gasteiger partial charge in [-0.15, -0.1) is 12.4 Å². The van der Waals surface area contributed by atoms with Crippen molar-refractivity contribution in [2.24, 2.45) is 0 Å². The Morgan fingerprint density at radius 2 is 1.68 bits per heavy atom. The smallest absolute Gasteiger partial charge is 0.416 e. The van der Waals surface area contributed by atoms with Crippen LogP contribution in [0.3, 0.4) is 0 Å². The number of carbonyl (C=O) groups excluding carboxylic acids is 1. The number of nitrogens with zero attached hydrogens (tertiary/aromatic N) is 3. The number of H-pyrrole nitrogens is 1. The largest absolute Gasteiger partial charge is 0.491 e. The van der Waals surface area contributed by atoms with E-state index in [4.69, 9.17) is 9.47 Å². The van der Waals surface area contributed by atoms with E-state index in [1.165, 1.54) is 12.1 Å². The number of rotatable bonds is 9. The number of fused-ring (bicyclic) bond motifs is 1. The number of aromatic amines is 1. The zero-order valence-electron chi connectivity index (χ0n) is 22.4. The van der Waals surface area contributed by atoms with Crippen LogP contribution in [0.1, 0.15) is 21.5 Å². The van der Waals surface area contributed by atoms with Crippen LogP contribution in [0.5, 0.6) is 5.75 Å². The summed E-state index contributed by atoms with van der Waals surface area (Å²) < 4.78 is 49.2. The van der Waals surface area contributed by atoms with Crippen LogP contribution in [0, 0.1) is 0 Å². The zero-order chi connectivity index (χ0) is 28.1. The molecule has 1 aromatic heterocycles. The van der Waals surface area contributed by atoms with Gasteiger partial charge in [0.2, 0.25) is 0 Å². The summed E-state index contributed by atoms with van der Waals surface area (Å²) in [5.74, 6) is 0.769. The summed E-state index contributed by atoms with van der Waals surface area (Å²) in [6.07, 6.45) is -4.35. The van der Waals surface area contributed by atoms with Gasteiger partial charge in [-0.05, 0) is 61.1 Å². The maximum Gasteiger partial charge on any atom is 0.416 e. The standard InChI is InChI=1S/C29H30F3N5O3.ClH/c1-36-12-14-37(15-13-36)23-8-4-21(5-9-23)28(38)33-27-25-11-10-24(18-26(25)34-35-27)40-17-16-39-19-20-2-6-22(7-3-20)29(30,31)32;/h2-11,18H,12-17,19H2,1H3,(H2,33,34,35,38);1H. The molecule has 0 radical (unpaired) electrons. The van der Waals surface area contributed by atoms with E-state index in [-0.39, 0.29) is 38.1 Å². The predicted octanol–water partition coefficient (Wildman–Crippen LogP) is 5.60. The van der Waals surface area contributed by atoms with Crippen LogP contribution in [0.25, 0.3) is 10.9 Å². The Labute approximate surface area is 241 Å². The summed E-state index contributed by atoms with van der Waals surface area (Å²) in [6, 6.07) is 17.8. The molecule has 3 aromatic carbocycles. The van der Waals surface area contributed by atoms with E-state index in [1.807, 2.05) is 30.3 Å². The molecule has 1 aliphatic rings. The first kappa shape index (κ1) is 30.2. The molecule has 218 valence electrons. The van der Waals surface area contributed by atoms with Crippen molar-refractivity contribution in [2.45, 2.75) is 12.8 Å². The van der Waals surface area contributed by atoms with E-state index in [9.17, 15) is 18.0 Å². The van der Waals surface area contributed by atoms with Crippen molar-refractivity contribution in [3.63, 3.8) is 0 Å². The van der Waals surface area contributed by atoms with Crippen LogP contribution in [0.15, 0.2) is 66.7 Å². The van der Waals surface area contributed by atoms with E-state index >= 15 is 0 Å². The maximum absolute atomic E-state index is 12.8. The number of ether oxygens (including phenoxy) is 2. The van der Waals surface area contributed by atoms with Gasteiger partial charge in [0, 0.05) is 48.9 Å². The fraction of sp³-hybridized carbons (Fsp3) is 0.310. The number of hydrogen-bond donors (Lipinski definition) is 2. The predicted molar refractivity (Wildman–Crippen MR) is 154 cm³/mol. The SMILES string of the molecule is CN1CCN(c2ccc(C(=O)Nc3n[nH]c4cc(OCCOCc5ccc(C(F)(F)F)cc5)ccc34)cc2)CC1.Cl. The van der Waals surface area contributed by atoms with Gasteiger partial charge in [-0.3, -0.25) is 9.89 Å². The van der Waals surface area contributed by atoms with Crippen molar-refractivity contribution in [1.82, 2.24) is 15.1 Å². The number of benzene rings is 3. The number of hydrogen-bond acceptors (Lipinski definition) is 6. The Morgan fingerprint density at radius 1 is 0.976 bits per heavy atom. The number of anilines is 2. The molecule has 4 aromatic rings. The summed E-state index contributed by atoms with van der Waals surface area (Å²) in [5, 5.41) is 10.8. The Balaban J connectivity index is 0.00000387. The summed E-state index contributed by atoms with van der Waals surface area (Å²) in [5.41, 5.74) is 2.31. The summed E-state index contributed by atoms with van der Waals surface area (Å²) in [4.78, 5) is 17.5. The number of halogens is 4. The minimum Gasteiger partial charge on any atom is -0.491 e. The molecule has 12 heteroatoms. The fourth-order valence-electron chi connectivity index (χ4n) is 4.45. The van der Waals surface area contributed by atoms with E-state index in [1.54, 1.807) is 12.1 Å². The Hall–Kier alpha value is -3.80. The van der Waals surface area contributed by atoms with E-state index in [0.29, 0.717) is 28.2 Å². The highest BCUT2D eigenvalue weighted by molar-refractivity contribution is 6.08. The van der Waals surface area contributed by atoms with Crippen molar-refractivity contribution in [3.8, 4) is 5.75 Å². The number of aromatic nitrogens is 2. The third-order valence-electron chi connectivity index (χ3n) is 6.81. The fourth-order valence-corrected chi connectivity index (χ4v) is 4.45. The lowest BCUT2D eigenvalue weighted by Gasteiger charge is -2.34. The lowest BCUT2D eigenvalue weighted by molar-refractivity contribution is -0.137. The van der Waals surface area contributed by atoms with Crippen LogP contribution in [0.4, 0.5) is 24.7 Å². The number of nitrogens with one attached hydrogen (secondary N) is 2. The molecule has 0 spiro atoms. The van der Waals surface area contributed by atoms with Gasteiger partial charge >= 0.3 is 6.18 Å². The van der Waals surface area contributed by atoms with Crippen molar-refractivity contribution < 1.29 is 27.4 Å². The quantitative estimate of drug-likeness (QED) is 0.247. The second-order valence-electron chi connectivity index (χ2n) is 9.67. The van der Waals surface area contributed by atoms with Gasteiger partial charge in [-0.2, -0.15) is 18.3 Å². The lowest BCUT2D eigenvalue weighted by Crippen LogP contribution is -2.44. The normalized spacial score (nSPS) is 14.1. The Bertz CT molecular complexity index is 1440. The van der Waals surface area contributed by atoms with Gasteiger partial charge in [-0.1, -0.05) is 12.1 Å². The highest BCUT2D eigenvalue weighted by atomic mass is 35.5. The third-order valence-corrected chi connectivity index (χ3v) is 6.81. The van der Waals surface area contributed by atoms with Crippen LogP contribution in [-0.4, -0.2) is 67.4 Å². The molecule has 8 nitrogen and oxygen atoms in total. The van der Waals surface area contributed by atoms with Crippen LogP contribution < -0.4 is 15.0 Å². The first-order chi connectivity index (χ1) is 19.3. The monoisotopic (exact) mass is 589 g/mol. The number of likely N-dealkylation sites (N-methyl/N-ethyl adjacent to an activating group) is 1. The van der Waals surface area contributed by atoms with Crippen molar-refractivity contribution in [1.29, 1.82) is 0 Å². The molecule has 0 atom stereocenters. The van der Waals surface area contributed by atoms with Gasteiger partial charge in [-0.25, -0.2) is 0 Å². The molecular formula is C29H31ClF3N5O3. The molecule has 1 fully saturated rings. The molecule has 1 saturated heterocycles. The van der Waals surface area contributed by atoms with E-state index in [0.717, 1.165) is 49.4 Å². The van der Waals surface area contributed by atoms with Gasteiger partial charge in [0.05, 0.1) is 24.3 Å². The highest BCUT2D eigenvalue weighted by Crippen LogP contribution is 2.29. The van der Waals surface area contributed by atoms with Crippen molar-refractivity contribution in [2.75, 3.05) is 56.7 Å². The van der Waals surface area contributed by atoms with E-state index < -0.39 is 11.7 Å². The molecule has 41 heavy (non-hydrogen) atoms. The Kier molecular flexibility index (Phi) is 9.74. The van der Waals surface area contributed by atoms with Gasteiger partial charge in [0.1, 0.15) is 12.4 Å². The molecule has 0 aliphatic carbocycles. The minimum absolute atomic E-state index is 0. The summed E-state index contributed by atoms with van der Waals surface area (Å²) in [7, 11) is 2.12. The van der Waals surface area contributed by atoms with Gasteiger partial charge < -0.3 is 24.6 Å². The first-order valence-electron chi connectivity index (χ1n) is 13.0. The number of piperazine rings is 1. The third kappa shape index (κ3) is 7.69. The molecule has 0 unspecified atom stereocenters. The number of carbonyl (C=O) groups is 1. The molecule has 5 rings (SSSR count). The highest BCUT2D eigenvalue weighted by Gasteiger charge is 2.29. The average Bonchev–Trinajstić information content (AvgIpc) is 3.35. The average molecular weight is 590 g/mol. The molecule has 0 bridgehead atoms.